The molecule has 41 atom stereocenters. The Morgan fingerprint density at radius 1 is 0.387 bits per heavy atom. The van der Waals surface area contributed by atoms with Crippen molar-refractivity contribution in [3.63, 3.8) is 0 Å². The lowest BCUT2D eigenvalue weighted by Crippen LogP contribution is -2.72. The molecule has 106 heavy (non-hydrogen) atoms. The predicted molar refractivity (Wildman–Crippen MR) is 327 cm³/mol. The van der Waals surface area contributed by atoms with E-state index in [0.717, 1.165) is 27.7 Å². The summed E-state index contributed by atoms with van der Waals surface area (Å²) in [6.07, 6.45) is -76.8. The molecule has 47 heteroatoms. The monoisotopic (exact) mass is 1550 g/mol. The summed E-state index contributed by atoms with van der Waals surface area (Å²) in [7, 11) is 0. The van der Waals surface area contributed by atoms with Gasteiger partial charge in [0.15, 0.2) is 44.0 Å². The molecule has 8 fully saturated rings. The Morgan fingerprint density at radius 2 is 0.745 bits per heavy atom. The molecular formula is C59H98N4O43. The molecule has 0 aromatic heterocycles. The van der Waals surface area contributed by atoms with Gasteiger partial charge in [-0.2, -0.15) is 0 Å². The van der Waals surface area contributed by atoms with Gasteiger partial charge in [0, 0.05) is 34.1 Å². The number of carbonyl (C=O) groups excluding carboxylic acids is 4. The van der Waals surface area contributed by atoms with Crippen LogP contribution in [0.1, 0.15) is 41.0 Å². The summed E-state index contributed by atoms with van der Waals surface area (Å²) in [5.41, 5.74) is 0. The van der Waals surface area contributed by atoms with E-state index < -0.39 is 333 Å². The van der Waals surface area contributed by atoms with Gasteiger partial charge < -0.3 is 210 Å². The van der Waals surface area contributed by atoms with Crippen molar-refractivity contribution in [1.82, 2.24) is 21.3 Å². The molecule has 8 saturated heterocycles. The number of ether oxygens (including phenoxy) is 15. The third-order valence-electron chi connectivity index (χ3n) is 19.2. The number of amides is 4. The molecule has 612 valence electrons. The molecule has 0 saturated carbocycles. The maximum absolute atomic E-state index is 13.4. The van der Waals surface area contributed by atoms with Crippen molar-refractivity contribution in [3.8, 4) is 0 Å². The number of aliphatic carboxylic acids is 1. The van der Waals surface area contributed by atoms with E-state index in [-0.39, 0.29) is 0 Å². The SMILES string of the molecule is CC(=O)N[C@H]1[C@H](O[C@H]2[C@@H](O)[C@@H](CO)O[C@@H](O[C@H]3[C@H](O)[C@@H](NC(C)=O)C(O)O[C@@H]3CO)[C@@H]2O)O[C@H](CO)[C@@H](O[C@@H]2O[C@H](CO)[C@H](O)[C@H](O[C@@H]3O[C@H](CO)[C@@H](O[C@@H]4O[C@H](CO)[C@H](O)[C@H](O[C@]5(C(=O)O)C[C@H](O)[C@@H](NC(C)=O)[C@H]([C@H](O)[C@H](O)CO)O5)[C@H]4O)[C@H](O[C@@H]4O[C@@H](C)[C@@H](O)[C@@H](O)[C@@H]4O)[C@H]3NC(C)=O)[C@H]2O)[C@@H]1O. The normalized spacial score (nSPS) is 47.2. The number of nitrogens with one attached hydrogen (secondary N) is 4. The molecule has 0 bridgehead atoms. The second-order valence-corrected chi connectivity index (χ2v) is 26.7. The van der Waals surface area contributed by atoms with Gasteiger partial charge in [-0.05, 0) is 6.92 Å². The first-order valence-electron chi connectivity index (χ1n) is 33.6. The van der Waals surface area contributed by atoms with Crippen LogP contribution in [0.2, 0.25) is 0 Å². The van der Waals surface area contributed by atoms with Crippen molar-refractivity contribution in [2.24, 2.45) is 0 Å². The van der Waals surface area contributed by atoms with Crippen molar-refractivity contribution in [1.29, 1.82) is 0 Å². The van der Waals surface area contributed by atoms with E-state index in [0.29, 0.717) is 0 Å². The highest BCUT2D eigenvalue weighted by molar-refractivity contribution is 5.77. The molecule has 0 spiro atoms. The van der Waals surface area contributed by atoms with E-state index in [2.05, 4.69) is 21.3 Å². The fourth-order valence-electron chi connectivity index (χ4n) is 13.7. The quantitative estimate of drug-likeness (QED) is 0.0346. The van der Waals surface area contributed by atoms with Gasteiger partial charge in [0.2, 0.25) is 23.6 Å². The van der Waals surface area contributed by atoms with Crippen LogP contribution in [-0.4, -0.2) is 444 Å². The maximum atomic E-state index is 13.4. The second-order valence-electron chi connectivity index (χ2n) is 26.7. The maximum Gasteiger partial charge on any atom is 0.364 e. The zero-order chi connectivity index (χ0) is 78.6. The summed E-state index contributed by atoms with van der Waals surface area (Å²) in [6, 6.07) is -7.34. The first-order chi connectivity index (χ1) is 49.9. The highest BCUT2D eigenvalue weighted by Crippen LogP contribution is 2.42. The molecule has 0 aliphatic carbocycles. The molecule has 8 rings (SSSR count). The molecule has 4 amide bonds. The summed E-state index contributed by atoms with van der Waals surface area (Å²) >= 11 is 0. The van der Waals surface area contributed by atoms with Crippen LogP contribution in [0, 0.1) is 0 Å². The minimum absolute atomic E-state index is 0.754. The molecule has 8 heterocycles. The summed E-state index contributed by atoms with van der Waals surface area (Å²) in [4.78, 5) is 63.9. The topological polar surface area (TPSA) is 737 Å². The average Bonchev–Trinajstić information content (AvgIpc) is 0.759. The van der Waals surface area contributed by atoms with Crippen LogP contribution in [0.15, 0.2) is 0 Å². The van der Waals surface area contributed by atoms with Crippen molar-refractivity contribution < 1.29 is 212 Å². The van der Waals surface area contributed by atoms with Gasteiger partial charge >= 0.3 is 5.97 Å². The van der Waals surface area contributed by atoms with Gasteiger partial charge in [-0.15, -0.1) is 0 Å². The lowest BCUT2D eigenvalue weighted by molar-refractivity contribution is -0.399. The lowest BCUT2D eigenvalue weighted by atomic mass is 9.88. The zero-order valence-corrected chi connectivity index (χ0v) is 57.2. The first kappa shape index (κ1) is 87.4. The number of aliphatic hydroxyl groups excluding tert-OH is 22. The molecule has 8 aliphatic heterocycles. The van der Waals surface area contributed by atoms with E-state index in [4.69, 9.17) is 71.1 Å². The number of rotatable bonds is 28. The van der Waals surface area contributed by atoms with Crippen molar-refractivity contribution >= 4 is 29.6 Å². The highest BCUT2D eigenvalue weighted by Gasteiger charge is 2.63. The molecule has 0 radical (unpaired) electrons. The van der Waals surface area contributed by atoms with Gasteiger partial charge in [0.25, 0.3) is 5.79 Å². The predicted octanol–water partition coefficient (Wildman–Crippen LogP) is -17.6. The Hall–Kier alpha value is -4.13. The number of carbonyl (C=O) groups is 5. The fourth-order valence-corrected chi connectivity index (χ4v) is 13.7. The summed E-state index contributed by atoms with van der Waals surface area (Å²) < 4.78 is 88.4. The van der Waals surface area contributed by atoms with Gasteiger partial charge in [-0.1, -0.05) is 0 Å². The van der Waals surface area contributed by atoms with Crippen LogP contribution < -0.4 is 21.3 Å². The molecule has 0 aromatic carbocycles. The highest BCUT2D eigenvalue weighted by atomic mass is 16.8. The minimum Gasteiger partial charge on any atom is -0.477 e. The van der Waals surface area contributed by atoms with Gasteiger partial charge in [0.1, 0.15) is 183 Å². The molecule has 1 unspecified atom stereocenters. The van der Waals surface area contributed by atoms with E-state index in [1.807, 2.05) is 0 Å². The van der Waals surface area contributed by atoms with E-state index in [1.54, 1.807) is 0 Å². The smallest absolute Gasteiger partial charge is 0.364 e. The van der Waals surface area contributed by atoms with Crippen LogP contribution >= 0.6 is 0 Å². The Kier molecular flexibility index (Phi) is 30.9. The van der Waals surface area contributed by atoms with Crippen LogP contribution in [0.5, 0.6) is 0 Å². The largest absolute Gasteiger partial charge is 0.477 e. The van der Waals surface area contributed by atoms with Crippen LogP contribution in [0.4, 0.5) is 0 Å². The molecule has 8 aliphatic rings. The van der Waals surface area contributed by atoms with Crippen LogP contribution in [-0.2, 0) is 95.0 Å². The number of aliphatic hydroxyl groups is 22. The molecule has 47 nitrogen and oxygen atoms in total. The zero-order valence-electron chi connectivity index (χ0n) is 57.2. The number of carboxylic acids is 1. The Bertz CT molecular complexity index is 2860. The summed E-state index contributed by atoms with van der Waals surface area (Å²) in [5, 5.41) is 264. The Balaban J connectivity index is 1.08. The minimum atomic E-state index is -3.31. The molecule has 27 N–H and O–H groups in total. The van der Waals surface area contributed by atoms with E-state index in [9.17, 15) is 141 Å². The fraction of sp³-hybridized carbons (Fsp3) is 0.915. The Labute approximate surface area is 600 Å². The molecule has 0 aromatic rings. The third-order valence-corrected chi connectivity index (χ3v) is 19.2. The van der Waals surface area contributed by atoms with Crippen molar-refractivity contribution in [3.05, 3.63) is 0 Å². The summed E-state index contributed by atoms with van der Waals surface area (Å²) in [6.45, 7) is -3.02. The van der Waals surface area contributed by atoms with Gasteiger partial charge in [0.05, 0.1) is 64.5 Å². The van der Waals surface area contributed by atoms with Crippen LogP contribution in [0.25, 0.3) is 0 Å². The number of hydrogen-bond acceptors (Lipinski definition) is 42. The molecular weight excluding hydrogens is 1450 g/mol. The Morgan fingerprint density at radius 3 is 1.20 bits per heavy atom. The van der Waals surface area contributed by atoms with Crippen LogP contribution in [0.3, 0.4) is 0 Å². The standard InChI is InChI=1S/C59H98N4O43/c1-14-31(77)38(84)39(85)54(92-14)102-47-30(63-18(5)74)53(98-26(13-70)45(47)101-57-42(88)50(35(81)23(10-67)96-57)106-59(58(90)91)6-19(75)27(60-15(2)71)46(105-59)32(78)20(76)7-64)104-49-34(80)22(9-66)95-56(41(49)87)100-44-25(12-69)97-52(29(37(44)83)62-17(4)73)103-48-33(79)21(8-65)94-55(40(48)86)99-43-24(11-68)93-51(89)28(36(43)82)61-16(3)72/h14,19-57,64-70,75-89H,6-13H2,1-5H3,(H,60,71)(H,61,72)(H,62,73)(H,63,74)(H,90,91)/t14-,19-,20+,21+,22+,23+,24+,25+,26+,27+,28+,29+,30+,31+,32+,33-,34-,35-,36+,37+,38+,39-,40+,41+,42+,43+,44+,45+,46+,47+,48-,49-,50-,51?,52-,53-,54-,55-,56-,57-,59-/m0/s1. The first-order valence-corrected chi connectivity index (χ1v) is 33.6. The van der Waals surface area contributed by atoms with E-state index >= 15 is 0 Å². The van der Waals surface area contributed by atoms with Gasteiger partial charge in [-0.25, -0.2) is 4.79 Å². The van der Waals surface area contributed by atoms with Crippen molar-refractivity contribution in [2.45, 2.75) is 292 Å². The van der Waals surface area contributed by atoms with E-state index in [1.165, 1.54) is 6.92 Å². The summed E-state index contributed by atoms with van der Waals surface area (Å²) in [5.74, 6) is -9.07. The van der Waals surface area contributed by atoms with Crippen molar-refractivity contribution in [2.75, 3.05) is 46.2 Å². The lowest BCUT2D eigenvalue weighted by Gasteiger charge is -2.52. The van der Waals surface area contributed by atoms with Gasteiger partial charge in [-0.3, -0.25) is 19.2 Å². The average molecular weight is 1550 g/mol. The number of hydrogen-bond donors (Lipinski definition) is 27. The second kappa shape index (κ2) is 37.5. The third kappa shape index (κ3) is 19.0. The number of carboxylic acid groups (broad SMARTS) is 1.